The van der Waals surface area contributed by atoms with Gasteiger partial charge in [0, 0.05) is 0 Å². The molecule has 0 aliphatic heterocycles. The van der Waals surface area contributed by atoms with Gasteiger partial charge >= 0.3 is 0 Å². The first-order valence-corrected chi connectivity index (χ1v) is 0. The van der Waals surface area contributed by atoms with Gasteiger partial charge in [-0.25, -0.2) is 0 Å². The first kappa shape index (κ1) is 73.8. The molecule has 0 N–H and O–H groups in total. The van der Waals surface area contributed by atoms with Crippen LogP contribution < -0.4 is 0 Å². The fraction of sp³-hybridized carbons (Fsp3) is 0. The maximum absolute atomic E-state index is 0. The highest BCUT2D eigenvalue weighted by Gasteiger charge is -0.144. The summed E-state index contributed by atoms with van der Waals surface area (Å²) in [6.07, 6.45) is 0. The van der Waals surface area contributed by atoms with Crippen molar-refractivity contribution in [3.63, 3.8) is 0 Å². The van der Waals surface area contributed by atoms with E-state index in [-0.39, 0.29) is 57.0 Å². The second-order valence-corrected chi connectivity index (χ2v) is 0. The summed E-state index contributed by atoms with van der Waals surface area (Å²) >= 11 is 0. The van der Waals surface area contributed by atoms with Gasteiger partial charge in [0.2, 0.25) is 0 Å². The van der Waals surface area contributed by atoms with Crippen molar-refractivity contribution >= 4 is 57.0 Å². The molecule has 2 atom stereocenters. The van der Waals surface area contributed by atoms with Crippen LogP contribution in [0.3, 0.4) is 0 Å². The van der Waals surface area contributed by atoms with E-state index in [0.29, 0.717) is 0 Å². The molecule has 0 spiro atoms. The van der Waals surface area contributed by atoms with Crippen LogP contribution in [0.15, 0.2) is 0 Å². The van der Waals surface area contributed by atoms with E-state index in [0.717, 1.165) is 0 Å². The molecule has 0 radical (unpaired) electrons. The molecule has 0 fully saturated rings. The molecule has 0 aromatic heterocycles. The van der Waals surface area contributed by atoms with Crippen molar-refractivity contribution in [2.24, 2.45) is 0 Å². The SMILES string of the molecule is Cl.Cl.Cl.P.P. The Balaban J connectivity index is 0. The Morgan fingerprint density at radius 2 is 0.400 bits per heavy atom. The number of rotatable bonds is 0. The average molecular weight is 177 g/mol. The minimum atomic E-state index is 0. The molecular weight excluding hydrogens is 168 g/mol. The minimum absolute atomic E-state index is 0. The summed E-state index contributed by atoms with van der Waals surface area (Å²) in [4.78, 5) is 0. The van der Waals surface area contributed by atoms with Gasteiger partial charge in [-0.2, -0.15) is 19.8 Å². The molecule has 40 valence electrons. The van der Waals surface area contributed by atoms with E-state index >= 15 is 0 Å². The summed E-state index contributed by atoms with van der Waals surface area (Å²) < 4.78 is 0. The number of halogens is 3. The lowest BCUT2D eigenvalue weighted by atomic mass is 31.0. The fourth-order valence-electron chi connectivity index (χ4n) is 0. The molecule has 0 saturated carbocycles. The van der Waals surface area contributed by atoms with E-state index in [4.69, 9.17) is 0 Å². The third kappa shape index (κ3) is 26.6. The molecule has 0 aromatic rings. The van der Waals surface area contributed by atoms with Crippen molar-refractivity contribution < 1.29 is 0 Å². The van der Waals surface area contributed by atoms with Crippen molar-refractivity contribution in [1.82, 2.24) is 0 Å². The Morgan fingerprint density at radius 1 is 0.400 bits per heavy atom. The zero-order chi connectivity index (χ0) is 0. The first-order valence-electron chi connectivity index (χ1n) is 0. The Morgan fingerprint density at radius 3 is 0.400 bits per heavy atom. The Hall–Kier alpha value is 1.73. The van der Waals surface area contributed by atoms with Crippen LogP contribution in [0.25, 0.3) is 0 Å². The molecule has 0 nitrogen and oxygen atoms in total. The lowest BCUT2D eigenvalue weighted by molar-refractivity contribution is 5.85. The summed E-state index contributed by atoms with van der Waals surface area (Å²) in [6, 6.07) is 0. The van der Waals surface area contributed by atoms with Crippen LogP contribution in [0.2, 0.25) is 0 Å². The second kappa shape index (κ2) is 42.8. The van der Waals surface area contributed by atoms with Crippen molar-refractivity contribution in [3.05, 3.63) is 0 Å². The van der Waals surface area contributed by atoms with Crippen molar-refractivity contribution in [2.45, 2.75) is 0 Å². The highest BCUT2D eigenvalue weighted by Crippen LogP contribution is 0.862. The molecule has 5 heavy (non-hydrogen) atoms. The standard InChI is InChI=1S/3ClH.2H3P/h3*1H;2*1H3. The topological polar surface area (TPSA) is 0 Å². The predicted molar refractivity (Wildman–Crippen MR) is 44.0 cm³/mol. The Bertz CT molecular complexity index is 4.85. The number of hydrogen-bond acceptors (Lipinski definition) is 0. The highest BCUT2D eigenvalue weighted by molar-refractivity contribution is 6.92. The zero-order valence-corrected chi connectivity index (χ0v) is 7.92. The maximum Gasteiger partial charge on any atom is -0.147 e. The van der Waals surface area contributed by atoms with E-state index < -0.39 is 0 Å². The van der Waals surface area contributed by atoms with Gasteiger partial charge < -0.3 is 0 Å². The van der Waals surface area contributed by atoms with Crippen molar-refractivity contribution in [3.8, 4) is 0 Å². The van der Waals surface area contributed by atoms with Crippen LogP contribution in [-0.4, -0.2) is 0 Å². The van der Waals surface area contributed by atoms with Gasteiger partial charge in [-0.15, -0.1) is 37.2 Å². The molecule has 0 aliphatic carbocycles. The quantitative estimate of drug-likeness (QED) is 0.491. The Kier molecular flexibility index (Phi) is 632. The molecule has 0 heterocycles. The molecule has 0 rings (SSSR count). The van der Waals surface area contributed by atoms with E-state index in [1.807, 2.05) is 0 Å². The Labute approximate surface area is 57.3 Å². The van der Waals surface area contributed by atoms with E-state index in [1.54, 1.807) is 0 Å². The fourth-order valence-corrected chi connectivity index (χ4v) is 0. The van der Waals surface area contributed by atoms with Crippen LogP contribution in [0.5, 0.6) is 0 Å². The lowest BCUT2D eigenvalue weighted by Gasteiger charge is -0.154. The normalized spacial score (nSPS) is 0. The third-order valence-electron chi connectivity index (χ3n) is 0. The lowest BCUT2D eigenvalue weighted by Crippen LogP contribution is 0.688. The third-order valence-corrected chi connectivity index (χ3v) is 0. The second-order valence-electron chi connectivity index (χ2n) is 0. The first-order chi connectivity index (χ1) is 0. The highest BCUT2D eigenvalue weighted by atomic mass is 35.5. The van der Waals surface area contributed by atoms with Crippen LogP contribution in [0, 0.1) is 0 Å². The molecule has 2 unspecified atom stereocenters. The van der Waals surface area contributed by atoms with Gasteiger partial charge in [0.15, 0.2) is 0 Å². The van der Waals surface area contributed by atoms with Gasteiger partial charge in [-0.3, -0.25) is 0 Å². The molecule has 0 bridgehead atoms. The largest absolute Gasteiger partial charge is 0.153 e. The van der Waals surface area contributed by atoms with Crippen LogP contribution in [-0.2, 0) is 0 Å². The summed E-state index contributed by atoms with van der Waals surface area (Å²) in [6.45, 7) is 0. The average Bonchev–Trinajstić information content (AvgIpc) is 0. The van der Waals surface area contributed by atoms with Gasteiger partial charge in [0.1, 0.15) is 0 Å². The van der Waals surface area contributed by atoms with Gasteiger partial charge in [0.05, 0.1) is 0 Å². The monoisotopic (exact) mass is 176 g/mol. The summed E-state index contributed by atoms with van der Waals surface area (Å²) in [5, 5.41) is 0. The van der Waals surface area contributed by atoms with E-state index in [2.05, 4.69) is 0 Å². The molecule has 0 aliphatic rings. The summed E-state index contributed by atoms with van der Waals surface area (Å²) in [5.74, 6) is 0. The van der Waals surface area contributed by atoms with Crippen LogP contribution in [0.4, 0.5) is 0 Å². The maximum atomic E-state index is 0. The van der Waals surface area contributed by atoms with E-state index in [1.165, 1.54) is 0 Å². The van der Waals surface area contributed by atoms with Crippen molar-refractivity contribution in [1.29, 1.82) is 0 Å². The van der Waals surface area contributed by atoms with Gasteiger partial charge in [-0.05, 0) is 0 Å². The molecule has 0 saturated heterocycles. The molecule has 5 heteroatoms. The smallest absolute Gasteiger partial charge is 0.147 e. The molecule has 0 aromatic carbocycles. The zero-order valence-electron chi connectivity index (χ0n) is 2.64. The van der Waals surface area contributed by atoms with E-state index in [9.17, 15) is 0 Å². The van der Waals surface area contributed by atoms with Gasteiger partial charge in [-0.1, -0.05) is 0 Å². The molecule has 0 amide bonds. The minimum Gasteiger partial charge on any atom is -0.153 e. The summed E-state index contributed by atoms with van der Waals surface area (Å²) in [5.41, 5.74) is 0. The van der Waals surface area contributed by atoms with Gasteiger partial charge in [0.25, 0.3) is 0 Å². The predicted octanol–water partition coefficient (Wildman–Crippen LogP) is 1.38. The van der Waals surface area contributed by atoms with Crippen LogP contribution >= 0.6 is 57.0 Å². The molecular formula is H9Cl3P2. The van der Waals surface area contributed by atoms with Crippen LogP contribution in [0.1, 0.15) is 0 Å². The number of hydrogen-bond donors (Lipinski definition) is 0. The summed E-state index contributed by atoms with van der Waals surface area (Å²) in [7, 11) is 0. The van der Waals surface area contributed by atoms with Crippen molar-refractivity contribution in [2.75, 3.05) is 0 Å².